The molecule has 0 radical (unpaired) electrons. The quantitative estimate of drug-likeness (QED) is 0.769. The highest BCUT2D eigenvalue weighted by Gasteiger charge is 2.24. The number of hydrogen-bond donors (Lipinski definition) is 1. The Balaban J connectivity index is 1.48. The van der Waals surface area contributed by atoms with Crippen molar-refractivity contribution in [3.63, 3.8) is 0 Å². The minimum Gasteiger partial charge on any atom is -0.356 e. The van der Waals surface area contributed by atoms with Crippen molar-refractivity contribution in [3.05, 3.63) is 36.0 Å². The number of carbonyl (C=O) groups excluding carboxylic acids is 2. The molecule has 7 nitrogen and oxygen atoms in total. The van der Waals surface area contributed by atoms with Crippen LogP contribution in [0.5, 0.6) is 0 Å². The van der Waals surface area contributed by atoms with Crippen molar-refractivity contribution in [1.82, 2.24) is 20.4 Å². The number of nitrogens with one attached hydrogen (secondary N) is 1. The van der Waals surface area contributed by atoms with Gasteiger partial charge in [0.25, 0.3) is 0 Å². The molecule has 1 saturated heterocycles. The number of benzene rings is 1. The van der Waals surface area contributed by atoms with E-state index >= 15 is 0 Å². The van der Waals surface area contributed by atoms with Crippen molar-refractivity contribution in [2.24, 2.45) is 11.8 Å². The fraction of sp³-hybridized carbons (Fsp3) is 0.524. The summed E-state index contributed by atoms with van der Waals surface area (Å²) in [5.41, 5.74) is 0.662. The third-order valence-electron chi connectivity index (χ3n) is 5.08. The van der Waals surface area contributed by atoms with Gasteiger partial charge in [0.1, 0.15) is 5.82 Å². The maximum absolute atomic E-state index is 13.0. The van der Waals surface area contributed by atoms with Crippen molar-refractivity contribution >= 4 is 11.8 Å². The Hall–Kier alpha value is -2.77. The van der Waals surface area contributed by atoms with Gasteiger partial charge in [-0.2, -0.15) is 4.98 Å². The average molecular weight is 402 g/mol. The highest BCUT2D eigenvalue weighted by atomic mass is 19.1. The molecule has 1 aromatic heterocycles. The number of piperidine rings is 1. The summed E-state index contributed by atoms with van der Waals surface area (Å²) >= 11 is 0. The number of likely N-dealkylation sites (tertiary alicyclic amines) is 1. The summed E-state index contributed by atoms with van der Waals surface area (Å²) in [6.07, 6.45) is 2.59. The number of aromatic nitrogens is 2. The molecule has 3 rings (SSSR count). The van der Waals surface area contributed by atoms with E-state index < -0.39 is 0 Å². The van der Waals surface area contributed by atoms with Gasteiger partial charge in [0.15, 0.2) is 0 Å². The van der Waals surface area contributed by atoms with E-state index in [9.17, 15) is 14.0 Å². The first-order valence-electron chi connectivity index (χ1n) is 10.1. The highest BCUT2D eigenvalue weighted by Crippen LogP contribution is 2.19. The lowest BCUT2D eigenvalue weighted by molar-refractivity contribution is -0.133. The van der Waals surface area contributed by atoms with Crippen molar-refractivity contribution in [2.75, 3.05) is 19.6 Å². The van der Waals surface area contributed by atoms with Gasteiger partial charge in [-0.05, 0) is 43.0 Å². The molecule has 1 aliphatic heterocycles. The number of hydrogen-bond acceptors (Lipinski definition) is 5. The van der Waals surface area contributed by atoms with Crippen molar-refractivity contribution in [1.29, 1.82) is 0 Å². The lowest BCUT2D eigenvalue weighted by Gasteiger charge is -2.33. The largest absolute Gasteiger partial charge is 0.356 e. The molecule has 1 aromatic carbocycles. The summed E-state index contributed by atoms with van der Waals surface area (Å²) in [5, 5.41) is 6.86. The Bertz CT molecular complexity index is 835. The highest BCUT2D eigenvalue weighted by molar-refractivity contribution is 5.78. The number of halogens is 1. The molecular weight excluding hydrogens is 375 g/mol. The lowest BCUT2D eigenvalue weighted by Crippen LogP contribution is -2.44. The van der Waals surface area contributed by atoms with E-state index in [1.54, 1.807) is 12.1 Å². The maximum Gasteiger partial charge on any atom is 0.227 e. The zero-order valence-electron chi connectivity index (χ0n) is 16.9. The molecule has 1 atom stereocenters. The predicted octanol–water partition coefficient (Wildman–Crippen LogP) is 2.82. The van der Waals surface area contributed by atoms with Crippen molar-refractivity contribution < 1.29 is 18.5 Å². The van der Waals surface area contributed by atoms with Crippen molar-refractivity contribution in [2.45, 2.75) is 39.5 Å². The van der Waals surface area contributed by atoms with Crippen molar-refractivity contribution in [3.8, 4) is 11.4 Å². The maximum atomic E-state index is 13.0. The predicted molar refractivity (Wildman–Crippen MR) is 105 cm³/mol. The number of amides is 2. The summed E-state index contributed by atoms with van der Waals surface area (Å²) in [6.45, 7) is 5.72. The number of carbonyl (C=O) groups is 2. The summed E-state index contributed by atoms with van der Waals surface area (Å²) in [7, 11) is 0. The molecule has 0 spiro atoms. The zero-order chi connectivity index (χ0) is 20.8. The normalized spacial score (nSPS) is 16.8. The molecule has 2 heterocycles. The molecule has 1 N–H and O–H groups in total. The van der Waals surface area contributed by atoms with Crippen LogP contribution in [0.3, 0.4) is 0 Å². The van der Waals surface area contributed by atoms with Crippen LogP contribution in [0, 0.1) is 17.7 Å². The first kappa shape index (κ1) is 21.0. The smallest absolute Gasteiger partial charge is 0.227 e. The molecule has 29 heavy (non-hydrogen) atoms. The monoisotopic (exact) mass is 402 g/mol. The Morgan fingerprint density at radius 2 is 2.07 bits per heavy atom. The van der Waals surface area contributed by atoms with Crippen LogP contribution in [0.1, 0.15) is 39.0 Å². The summed E-state index contributed by atoms with van der Waals surface area (Å²) < 4.78 is 18.2. The van der Waals surface area contributed by atoms with Crippen LogP contribution in [0.25, 0.3) is 11.4 Å². The van der Waals surface area contributed by atoms with Gasteiger partial charge in [-0.1, -0.05) is 19.0 Å². The minimum atomic E-state index is -0.327. The number of nitrogens with zero attached hydrogens (tertiary/aromatic N) is 3. The van der Waals surface area contributed by atoms with Crippen LogP contribution < -0.4 is 5.32 Å². The second-order valence-electron chi connectivity index (χ2n) is 7.77. The van der Waals surface area contributed by atoms with Crippen LogP contribution >= 0.6 is 0 Å². The van der Waals surface area contributed by atoms with Gasteiger partial charge < -0.3 is 14.7 Å². The van der Waals surface area contributed by atoms with Gasteiger partial charge in [0, 0.05) is 44.0 Å². The van der Waals surface area contributed by atoms with E-state index in [2.05, 4.69) is 15.5 Å². The SMILES string of the molecule is CC(C)C(=O)NC[C@@H]1CCCN(C(=O)CCc2nc(-c3ccc(F)cc3)no2)C1. The Labute approximate surface area is 169 Å². The van der Waals surface area contributed by atoms with E-state index in [0.717, 1.165) is 19.4 Å². The van der Waals surface area contributed by atoms with Crippen LogP contribution in [0.4, 0.5) is 4.39 Å². The van der Waals surface area contributed by atoms with Crippen LogP contribution in [-0.2, 0) is 16.0 Å². The van der Waals surface area contributed by atoms with Gasteiger partial charge in [-0.15, -0.1) is 0 Å². The molecule has 0 bridgehead atoms. The Morgan fingerprint density at radius 3 is 2.79 bits per heavy atom. The summed E-state index contributed by atoms with van der Waals surface area (Å²) in [5.74, 6) is 0.774. The summed E-state index contributed by atoms with van der Waals surface area (Å²) in [6, 6.07) is 5.85. The van der Waals surface area contributed by atoms with Crippen LogP contribution in [0.15, 0.2) is 28.8 Å². The van der Waals surface area contributed by atoms with Gasteiger partial charge >= 0.3 is 0 Å². The summed E-state index contributed by atoms with van der Waals surface area (Å²) in [4.78, 5) is 30.5. The molecule has 156 valence electrons. The third-order valence-corrected chi connectivity index (χ3v) is 5.08. The molecule has 0 saturated carbocycles. The molecular formula is C21H27FN4O3. The van der Waals surface area contributed by atoms with Crippen LogP contribution in [-0.4, -0.2) is 46.5 Å². The third kappa shape index (κ3) is 5.85. The van der Waals surface area contributed by atoms with Crippen LogP contribution in [0.2, 0.25) is 0 Å². The molecule has 1 aliphatic rings. The van der Waals surface area contributed by atoms with E-state index in [0.29, 0.717) is 36.8 Å². The van der Waals surface area contributed by atoms with E-state index in [4.69, 9.17) is 4.52 Å². The average Bonchev–Trinajstić information content (AvgIpc) is 3.20. The molecule has 2 aromatic rings. The van der Waals surface area contributed by atoms with Gasteiger partial charge in [-0.25, -0.2) is 4.39 Å². The van der Waals surface area contributed by atoms with Gasteiger partial charge in [0.05, 0.1) is 0 Å². The molecule has 8 heteroatoms. The van der Waals surface area contributed by atoms with Gasteiger partial charge in [0.2, 0.25) is 23.5 Å². The van der Waals surface area contributed by atoms with E-state index in [1.807, 2.05) is 18.7 Å². The van der Waals surface area contributed by atoms with E-state index in [1.165, 1.54) is 12.1 Å². The lowest BCUT2D eigenvalue weighted by atomic mass is 9.97. The molecule has 0 unspecified atom stereocenters. The fourth-order valence-corrected chi connectivity index (χ4v) is 3.35. The Kier molecular flexibility index (Phi) is 6.95. The zero-order valence-corrected chi connectivity index (χ0v) is 16.9. The second kappa shape index (κ2) is 9.62. The fourth-order valence-electron chi connectivity index (χ4n) is 3.35. The minimum absolute atomic E-state index is 0.0365. The Morgan fingerprint density at radius 1 is 1.31 bits per heavy atom. The standard InChI is InChI=1S/C21H27FN4O3/c1-14(2)21(28)23-12-15-4-3-11-26(13-15)19(27)10-9-18-24-20(25-29-18)16-5-7-17(22)8-6-16/h5-8,14-15H,3-4,9-13H2,1-2H3,(H,23,28)/t15-/m0/s1. The molecule has 2 amide bonds. The molecule has 1 fully saturated rings. The molecule has 0 aliphatic carbocycles. The first-order valence-corrected chi connectivity index (χ1v) is 10.1. The number of rotatable bonds is 7. The second-order valence-corrected chi connectivity index (χ2v) is 7.77. The first-order chi connectivity index (χ1) is 13.9. The van der Waals surface area contributed by atoms with E-state index in [-0.39, 0.29) is 35.9 Å². The van der Waals surface area contributed by atoms with Gasteiger partial charge in [-0.3, -0.25) is 9.59 Å². The number of aryl methyl sites for hydroxylation is 1. The topological polar surface area (TPSA) is 88.3 Å².